The first-order chi connectivity index (χ1) is 14.7. The monoisotopic (exact) mass is 443 g/mol. The van der Waals surface area contributed by atoms with Gasteiger partial charge in [0, 0.05) is 30.8 Å². The molecule has 10 heteroatoms. The van der Waals surface area contributed by atoms with Crippen molar-refractivity contribution in [3.63, 3.8) is 0 Å². The van der Waals surface area contributed by atoms with E-state index in [1.807, 2.05) is 6.92 Å². The third kappa shape index (κ3) is 4.75. The molecule has 5 aliphatic rings. The number of alkyl halides is 2. The zero-order chi connectivity index (χ0) is 22.2. The van der Waals surface area contributed by atoms with Crippen LogP contribution in [0.5, 0.6) is 0 Å². The van der Waals surface area contributed by atoms with Gasteiger partial charge in [-0.3, -0.25) is 19.2 Å². The Bertz CT molecular complexity index is 728. The van der Waals surface area contributed by atoms with E-state index in [0.29, 0.717) is 38.5 Å². The summed E-state index contributed by atoms with van der Waals surface area (Å²) in [4.78, 5) is 43.2. The van der Waals surface area contributed by atoms with Crippen molar-refractivity contribution >= 4 is 17.6 Å². The van der Waals surface area contributed by atoms with Crippen LogP contribution in [-0.2, 0) is 24.0 Å². The highest BCUT2D eigenvalue weighted by Gasteiger charge is 2.55. The van der Waals surface area contributed by atoms with Crippen LogP contribution in [0.4, 0.5) is 8.78 Å². The molecular formula is C21H31F2N3O5. The van der Waals surface area contributed by atoms with Crippen LogP contribution in [0.1, 0.15) is 64.7 Å². The summed E-state index contributed by atoms with van der Waals surface area (Å²) in [6.07, 6.45) is -0.870. The Balaban J connectivity index is 1.27. The lowest BCUT2D eigenvalue weighted by Gasteiger charge is -2.52. The largest absolute Gasteiger partial charge is 0.368 e. The van der Waals surface area contributed by atoms with E-state index in [4.69, 9.17) is 9.57 Å². The van der Waals surface area contributed by atoms with Crippen molar-refractivity contribution in [3.8, 4) is 0 Å². The molecule has 0 spiro atoms. The Morgan fingerprint density at radius 1 is 1.13 bits per heavy atom. The quantitative estimate of drug-likeness (QED) is 0.569. The molecule has 2 amide bonds. The van der Waals surface area contributed by atoms with E-state index in [0.717, 1.165) is 0 Å². The number of nitrogens with one attached hydrogen (secondary N) is 3. The summed E-state index contributed by atoms with van der Waals surface area (Å²) < 4.78 is 32.2. The molecule has 5 fully saturated rings. The van der Waals surface area contributed by atoms with Gasteiger partial charge in [0.1, 0.15) is 19.0 Å². The first kappa shape index (κ1) is 22.5. The number of halogens is 2. The SMILES string of the molecule is CC1CC(C(=O)NC23CCC(NC(=O)COC4CCC(F)C(F)C4)(CC2)C(=O)C3)ON1. The van der Waals surface area contributed by atoms with Crippen LogP contribution in [0, 0.1) is 0 Å². The molecule has 4 aliphatic carbocycles. The molecular weight excluding hydrogens is 412 g/mol. The maximum absolute atomic E-state index is 13.5. The summed E-state index contributed by atoms with van der Waals surface area (Å²) in [7, 11) is 0. The van der Waals surface area contributed by atoms with Crippen molar-refractivity contribution < 1.29 is 32.7 Å². The molecule has 8 nitrogen and oxygen atoms in total. The molecule has 0 radical (unpaired) electrons. The van der Waals surface area contributed by atoms with Crippen LogP contribution >= 0.6 is 0 Å². The third-order valence-corrected chi connectivity index (χ3v) is 7.23. The number of fused-ring (bicyclic) bond motifs is 3. The van der Waals surface area contributed by atoms with Crippen LogP contribution in [-0.4, -0.2) is 65.9 Å². The van der Waals surface area contributed by atoms with Gasteiger partial charge in [-0.15, -0.1) is 0 Å². The minimum atomic E-state index is -1.56. The van der Waals surface area contributed by atoms with E-state index < -0.39 is 41.5 Å². The smallest absolute Gasteiger partial charge is 0.251 e. The number of hydrogen-bond donors (Lipinski definition) is 3. The van der Waals surface area contributed by atoms with Crippen LogP contribution in [0.2, 0.25) is 0 Å². The van der Waals surface area contributed by atoms with E-state index in [9.17, 15) is 23.2 Å². The number of carbonyl (C=O) groups excluding carboxylic acids is 3. The molecule has 174 valence electrons. The highest BCUT2D eigenvalue weighted by molar-refractivity contribution is 5.96. The van der Waals surface area contributed by atoms with E-state index in [1.54, 1.807) is 0 Å². The lowest BCUT2D eigenvalue weighted by molar-refractivity contribution is -0.146. The molecule has 31 heavy (non-hydrogen) atoms. The van der Waals surface area contributed by atoms with Crippen molar-refractivity contribution in [1.29, 1.82) is 0 Å². The summed E-state index contributed by atoms with van der Waals surface area (Å²) in [5.74, 6) is -0.742. The zero-order valence-corrected chi connectivity index (χ0v) is 17.8. The molecule has 5 unspecified atom stereocenters. The number of Topliss-reactive ketones (excluding diaryl/α,β-unsaturated/α-hetero) is 1. The van der Waals surface area contributed by atoms with Crippen molar-refractivity contribution in [2.24, 2.45) is 0 Å². The Morgan fingerprint density at radius 2 is 1.87 bits per heavy atom. The van der Waals surface area contributed by atoms with Gasteiger partial charge < -0.3 is 15.4 Å². The summed E-state index contributed by atoms with van der Waals surface area (Å²) in [5.41, 5.74) is 1.25. The van der Waals surface area contributed by atoms with Gasteiger partial charge in [0.05, 0.1) is 11.6 Å². The predicted octanol–water partition coefficient (Wildman–Crippen LogP) is 1.17. The summed E-state index contributed by atoms with van der Waals surface area (Å²) >= 11 is 0. The van der Waals surface area contributed by atoms with Crippen LogP contribution in [0.25, 0.3) is 0 Å². The molecule has 2 bridgehead atoms. The van der Waals surface area contributed by atoms with Crippen molar-refractivity contribution in [3.05, 3.63) is 0 Å². The number of carbonyl (C=O) groups is 3. The van der Waals surface area contributed by atoms with Crippen LogP contribution in [0.15, 0.2) is 0 Å². The molecule has 0 aromatic heterocycles. The van der Waals surface area contributed by atoms with Gasteiger partial charge >= 0.3 is 0 Å². The average molecular weight is 443 g/mol. The lowest BCUT2D eigenvalue weighted by Crippen LogP contribution is -2.69. The molecule has 5 rings (SSSR count). The number of amides is 2. The summed E-state index contributed by atoms with van der Waals surface area (Å²) in [6.45, 7) is 1.65. The third-order valence-electron chi connectivity index (χ3n) is 7.23. The number of ketones is 1. The standard InChI is InChI=1S/C21H31F2N3O5/c1-12-8-16(31-26-12)19(29)25-20-4-6-21(7-5-20,17(27)10-20)24-18(28)11-30-13-2-3-14(22)15(23)9-13/h12-16,26H,2-11H2,1H3,(H,24,28)(H,25,29). The molecule has 1 heterocycles. The van der Waals surface area contributed by atoms with E-state index in [-0.39, 0.29) is 43.6 Å². The zero-order valence-electron chi connectivity index (χ0n) is 17.8. The van der Waals surface area contributed by atoms with E-state index >= 15 is 0 Å². The number of hydrogen-bond acceptors (Lipinski definition) is 6. The fourth-order valence-electron chi connectivity index (χ4n) is 5.26. The van der Waals surface area contributed by atoms with Crippen molar-refractivity contribution in [2.45, 2.75) is 106 Å². The second kappa shape index (κ2) is 8.71. The molecule has 1 saturated heterocycles. The van der Waals surface area contributed by atoms with Gasteiger partial charge in [-0.2, -0.15) is 5.48 Å². The fourth-order valence-corrected chi connectivity index (χ4v) is 5.26. The highest BCUT2D eigenvalue weighted by atomic mass is 19.2. The minimum Gasteiger partial charge on any atom is -0.368 e. The van der Waals surface area contributed by atoms with Crippen molar-refractivity contribution in [1.82, 2.24) is 16.1 Å². The maximum Gasteiger partial charge on any atom is 0.251 e. The Hall–Kier alpha value is -1.65. The number of hydroxylamine groups is 1. The predicted molar refractivity (Wildman–Crippen MR) is 105 cm³/mol. The van der Waals surface area contributed by atoms with Gasteiger partial charge in [-0.25, -0.2) is 8.78 Å². The van der Waals surface area contributed by atoms with Gasteiger partial charge in [-0.1, -0.05) is 0 Å². The van der Waals surface area contributed by atoms with E-state index in [2.05, 4.69) is 16.1 Å². The number of ether oxygens (including phenoxy) is 1. The van der Waals surface area contributed by atoms with Crippen LogP contribution in [0.3, 0.4) is 0 Å². The Kier molecular flexibility index (Phi) is 6.33. The normalized spacial score (nSPS) is 42.4. The molecule has 4 saturated carbocycles. The molecule has 0 aromatic carbocycles. The Labute approximate surface area is 180 Å². The summed E-state index contributed by atoms with van der Waals surface area (Å²) in [5, 5.41) is 5.86. The fraction of sp³-hybridized carbons (Fsp3) is 0.857. The number of rotatable bonds is 6. The highest BCUT2D eigenvalue weighted by Crippen LogP contribution is 2.45. The van der Waals surface area contributed by atoms with Crippen molar-refractivity contribution in [2.75, 3.05) is 6.61 Å². The van der Waals surface area contributed by atoms with Gasteiger partial charge in [0.25, 0.3) is 5.91 Å². The van der Waals surface area contributed by atoms with Gasteiger partial charge in [0.2, 0.25) is 5.91 Å². The average Bonchev–Trinajstić information content (AvgIpc) is 3.17. The molecule has 5 atom stereocenters. The first-order valence-corrected chi connectivity index (χ1v) is 11.2. The lowest BCUT2D eigenvalue weighted by atomic mass is 9.60. The maximum atomic E-state index is 13.5. The van der Waals surface area contributed by atoms with Crippen LogP contribution < -0.4 is 16.1 Å². The van der Waals surface area contributed by atoms with Gasteiger partial charge in [0.15, 0.2) is 11.9 Å². The molecule has 0 aromatic rings. The Morgan fingerprint density at radius 3 is 2.48 bits per heavy atom. The van der Waals surface area contributed by atoms with Gasteiger partial charge in [-0.05, 0) is 45.4 Å². The topological polar surface area (TPSA) is 106 Å². The molecule has 3 N–H and O–H groups in total. The minimum absolute atomic E-state index is 0.0558. The first-order valence-electron chi connectivity index (χ1n) is 11.2. The second-order valence-corrected chi connectivity index (χ2v) is 9.64. The summed E-state index contributed by atoms with van der Waals surface area (Å²) in [6, 6.07) is 0.0977. The molecule has 1 aliphatic heterocycles. The second-order valence-electron chi connectivity index (χ2n) is 9.64. The van der Waals surface area contributed by atoms with E-state index in [1.165, 1.54) is 0 Å².